The van der Waals surface area contributed by atoms with Crippen LogP contribution in [-0.4, -0.2) is 29.3 Å². The van der Waals surface area contributed by atoms with E-state index in [1.54, 1.807) is 12.1 Å². The van der Waals surface area contributed by atoms with Crippen LogP contribution in [0.4, 0.5) is 6.01 Å². The molecule has 130 valence electrons. The Balaban J connectivity index is 1.45. The Bertz CT molecular complexity index is 933. The second-order valence-corrected chi connectivity index (χ2v) is 5.51. The minimum Gasteiger partial charge on any atom is -0.494 e. The van der Waals surface area contributed by atoms with Crippen LogP contribution in [0.2, 0.25) is 0 Å². The summed E-state index contributed by atoms with van der Waals surface area (Å²) in [4.78, 5) is 12.3. The SMILES string of the molecule is O=C(Nc1nnc(C2=COCCO2)o1)c1ccc(-c2ccccc2)cc1. The molecule has 0 atom stereocenters. The number of ether oxygens (including phenoxy) is 2. The van der Waals surface area contributed by atoms with Gasteiger partial charge in [-0.3, -0.25) is 10.1 Å². The Hall–Kier alpha value is -3.61. The van der Waals surface area contributed by atoms with Crippen molar-refractivity contribution in [3.05, 3.63) is 72.3 Å². The van der Waals surface area contributed by atoms with E-state index in [9.17, 15) is 4.79 Å². The van der Waals surface area contributed by atoms with Gasteiger partial charge in [-0.25, -0.2) is 0 Å². The van der Waals surface area contributed by atoms with Gasteiger partial charge in [0.1, 0.15) is 19.5 Å². The van der Waals surface area contributed by atoms with E-state index in [0.29, 0.717) is 24.5 Å². The van der Waals surface area contributed by atoms with Crippen LogP contribution in [0.15, 0.2) is 65.3 Å². The van der Waals surface area contributed by atoms with Gasteiger partial charge in [-0.05, 0) is 23.3 Å². The number of benzene rings is 2. The maximum atomic E-state index is 12.3. The highest BCUT2D eigenvalue weighted by atomic mass is 16.6. The van der Waals surface area contributed by atoms with Gasteiger partial charge in [0.15, 0.2) is 0 Å². The summed E-state index contributed by atoms with van der Waals surface area (Å²) in [6.45, 7) is 0.879. The Morgan fingerprint density at radius 3 is 2.42 bits per heavy atom. The van der Waals surface area contributed by atoms with Gasteiger partial charge in [-0.1, -0.05) is 47.6 Å². The quantitative estimate of drug-likeness (QED) is 0.777. The zero-order chi connectivity index (χ0) is 17.8. The molecule has 0 radical (unpaired) electrons. The van der Waals surface area contributed by atoms with Crippen LogP contribution in [0.25, 0.3) is 16.9 Å². The van der Waals surface area contributed by atoms with Crippen LogP contribution >= 0.6 is 0 Å². The molecule has 1 aliphatic heterocycles. The van der Waals surface area contributed by atoms with Crippen LogP contribution in [0.1, 0.15) is 16.2 Å². The smallest absolute Gasteiger partial charge is 0.322 e. The molecule has 3 aromatic rings. The van der Waals surface area contributed by atoms with Crippen LogP contribution in [-0.2, 0) is 9.47 Å². The molecule has 7 heteroatoms. The molecule has 2 aromatic carbocycles. The molecule has 0 spiro atoms. The van der Waals surface area contributed by atoms with Crippen LogP contribution < -0.4 is 5.32 Å². The van der Waals surface area contributed by atoms with Gasteiger partial charge in [0.25, 0.3) is 11.8 Å². The predicted molar refractivity (Wildman–Crippen MR) is 94.0 cm³/mol. The van der Waals surface area contributed by atoms with Crippen molar-refractivity contribution in [1.82, 2.24) is 10.2 Å². The van der Waals surface area contributed by atoms with E-state index >= 15 is 0 Å². The van der Waals surface area contributed by atoms with Crippen molar-refractivity contribution in [2.75, 3.05) is 18.5 Å². The molecule has 1 N–H and O–H groups in total. The van der Waals surface area contributed by atoms with Gasteiger partial charge < -0.3 is 13.9 Å². The monoisotopic (exact) mass is 349 g/mol. The minimum absolute atomic E-state index is 0.00721. The summed E-state index contributed by atoms with van der Waals surface area (Å²) < 4.78 is 15.9. The van der Waals surface area contributed by atoms with Gasteiger partial charge in [-0.2, -0.15) is 0 Å². The number of rotatable bonds is 4. The lowest BCUT2D eigenvalue weighted by Crippen LogP contribution is -2.12. The van der Waals surface area contributed by atoms with E-state index < -0.39 is 0 Å². The molecular formula is C19H15N3O4. The standard InChI is InChI=1S/C19H15N3O4/c23-17(15-8-6-14(7-9-15)13-4-2-1-3-5-13)20-19-22-21-18(26-19)16-12-24-10-11-25-16/h1-9,12H,10-11H2,(H,20,22,23). The maximum absolute atomic E-state index is 12.3. The third-order valence-corrected chi connectivity index (χ3v) is 3.76. The Labute approximate surface area is 149 Å². The molecule has 2 heterocycles. The highest BCUT2D eigenvalue weighted by Crippen LogP contribution is 2.21. The van der Waals surface area contributed by atoms with E-state index in [2.05, 4.69) is 15.5 Å². The number of carbonyl (C=O) groups excluding carboxylic acids is 1. The lowest BCUT2D eigenvalue weighted by molar-refractivity contribution is 0.102. The van der Waals surface area contributed by atoms with E-state index in [0.717, 1.165) is 11.1 Å². The van der Waals surface area contributed by atoms with E-state index in [-0.39, 0.29) is 17.8 Å². The molecule has 1 aliphatic rings. The summed E-state index contributed by atoms with van der Waals surface area (Å²) in [6, 6.07) is 17.2. The third-order valence-electron chi connectivity index (χ3n) is 3.76. The number of anilines is 1. The fourth-order valence-corrected chi connectivity index (χ4v) is 2.47. The summed E-state index contributed by atoms with van der Waals surface area (Å²) in [6.07, 6.45) is 1.41. The molecular weight excluding hydrogens is 334 g/mol. The van der Waals surface area contributed by atoms with Gasteiger partial charge in [0.2, 0.25) is 5.76 Å². The molecule has 0 saturated carbocycles. The van der Waals surface area contributed by atoms with E-state index in [4.69, 9.17) is 13.9 Å². The number of hydrogen-bond acceptors (Lipinski definition) is 6. The lowest BCUT2D eigenvalue weighted by Gasteiger charge is -2.11. The number of amides is 1. The summed E-state index contributed by atoms with van der Waals surface area (Å²) in [5.74, 6) is 0.158. The first-order chi connectivity index (χ1) is 12.8. The molecule has 0 aliphatic carbocycles. The van der Waals surface area contributed by atoms with Gasteiger partial charge in [0, 0.05) is 5.56 Å². The van der Waals surface area contributed by atoms with Crippen molar-refractivity contribution < 1.29 is 18.7 Å². The van der Waals surface area contributed by atoms with Crippen LogP contribution in [0.5, 0.6) is 0 Å². The van der Waals surface area contributed by atoms with Crippen LogP contribution in [0.3, 0.4) is 0 Å². The Kier molecular flexibility index (Phi) is 4.34. The molecule has 1 aromatic heterocycles. The summed E-state index contributed by atoms with van der Waals surface area (Å²) in [5, 5.41) is 10.2. The summed E-state index contributed by atoms with van der Waals surface area (Å²) in [7, 11) is 0. The summed E-state index contributed by atoms with van der Waals surface area (Å²) in [5.41, 5.74) is 2.61. The fourth-order valence-electron chi connectivity index (χ4n) is 2.47. The van der Waals surface area contributed by atoms with Crippen molar-refractivity contribution >= 4 is 17.7 Å². The average molecular weight is 349 g/mol. The average Bonchev–Trinajstić information content (AvgIpc) is 3.18. The second-order valence-electron chi connectivity index (χ2n) is 5.51. The van der Waals surface area contributed by atoms with Crippen molar-refractivity contribution in [1.29, 1.82) is 0 Å². The van der Waals surface area contributed by atoms with Crippen LogP contribution in [0, 0.1) is 0 Å². The first kappa shape index (κ1) is 15.9. The molecule has 1 amide bonds. The van der Waals surface area contributed by atoms with Gasteiger partial charge in [0.05, 0.1) is 0 Å². The number of nitrogens with one attached hydrogen (secondary N) is 1. The molecule has 0 bridgehead atoms. The number of hydrogen-bond donors (Lipinski definition) is 1. The largest absolute Gasteiger partial charge is 0.494 e. The third kappa shape index (κ3) is 3.41. The normalized spacial score (nSPS) is 13.3. The molecule has 7 nitrogen and oxygen atoms in total. The van der Waals surface area contributed by atoms with Crippen molar-refractivity contribution in [3.63, 3.8) is 0 Å². The second kappa shape index (κ2) is 7.10. The first-order valence-electron chi connectivity index (χ1n) is 8.05. The van der Waals surface area contributed by atoms with Crippen molar-refractivity contribution in [3.8, 4) is 11.1 Å². The maximum Gasteiger partial charge on any atom is 0.322 e. The van der Waals surface area contributed by atoms with Crippen molar-refractivity contribution in [2.45, 2.75) is 0 Å². The zero-order valence-corrected chi connectivity index (χ0v) is 13.7. The number of carbonyl (C=O) groups is 1. The number of aromatic nitrogens is 2. The van der Waals surface area contributed by atoms with Gasteiger partial charge >= 0.3 is 6.01 Å². The highest BCUT2D eigenvalue weighted by molar-refractivity contribution is 6.03. The molecule has 0 saturated heterocycles. The molecule has 26 heavy (non-hydrogen) atoms. The number of nitrogens with zero attached hydrogens (tertiary/aromatic N) is 2. The topological polar surface area (TPSA) is 86.5 Å². The fraction of sp³-hybridized carbons (Fsp3) is 0.105. The summed E-state index contributed by atoms with van der Waals surface area (Å²) >= 11 is 0. The molecule has 4 rings (SSSR count). The molecule has 0 unspecified atom stereocenters. The Morgan fingerprint density at radius 1 is 0.923 bits per heavy atom. The first-order valence-corrected chi connectivity index (χ1v) is 8.05. The predicted octanol–water partition coefficient (Wildman–Crippen LogP) is 3.33. The lowest BCUT2D eigenvalue weighted by atomic mass is 10.0. The molecule has 0 fully saturated rings. The van der Waals surface area contributed by atoms with E-state index in [1.807, 2.05) is 42.5 Å². The van der Waals surface area contributed by atoms with Crippen molar-refractivity contribution in [2.24, 2.45) is 0 Å². The minimum atomic E-state index is -0.338. The van der Waals surface area contributed by atoms with E-state index in [1.165, 1.54) is 6.26 Å². The van der Waals surface area contributed by atoms with Gasteiger partial charge in [-0.15, -0.1) is 5.10 Å². The zero-order valence-electron chi connectivity index (χ0n) is 13.7. The highest BCUT2D eigenvalue weighted by Gasteiger charge is 2.17. The Morgan fingerprint density at radius 2 is 1.69 bits per heavy atom.